The minimum atomic E-state index is -2.97. The first-order valence-corrected chi connectivity index (χ1v) is 12.3. The Balaban J connectivity index is 1.47. The Labute approximate surface area is 175 Å². The van der Waals surface area contributed by atoms with E-state index in [0.717, 1.165) is 23.4 Å². The highest BCUT2D eigenvalue weighted by molar-refractivity contribution is 8.15. The Morgan fingerprint density at radius 3 is 2.62 bits per heavy atom. The number of thioether (sulfide) groups is 1. The third kappa shape index (κ3) is 4.48. The number of aryl methyl sites for hydroxylation is 2. The molecule has 8 heteroatoms. The van der Waals surface area contributed by atoms with Crippen molar-refractivity contribution in [2.24, 2.45) is 4.99 Å². The largest absolute Gasteiger partial charge is 0.335 e. The molecular formula is C21H23N3O3S2. The van der Waals surface area contributed by atoms with E-state index in [-0.39, 0.29) is 28.7 Å². The van der Waals surface area contributed by atoms with Gasteiger partial charge in [0.15, 0.2) is 15.0 Å². The maximum Gasteiger partial charge on any atom is 0.255 e. The van der Waals surface area contributed by atoms with Crippen molar-refractivity contribution in [3.05, 3.63) is 59.2 Å². The van der Waals surface area contributed by atoms with Crippen LogP contribution in [0.5, 0.6) is 0 Å². The zero-order valence-electron chi connectivity index (χ0n) is 16.3. The minimum Gasteiger partial charge on any atom is -0.335 e. The fourth-order valence-corrected chi connectivity index (χ4v) is 7.12. The molecule has 152 valence electrons. The number of amides is 1. The quantitative estimate of drug-likeness (QED) is 0.777. The van der Waals surface area contributed by atoms with Crippen LogP contribution in [0.1, 0.15) is 28.4 Å². The van der Waals surface area contributed by atoms with Gasteiger partial charge in [0.1, 0.15) is 0 Å². The third-order valence-electron chi connectivity index (χ3n) is 5.18. The van der Waals surface area contributed by atoms with Gasteiger partial charge >= 0.3 is 0 Å². The van der Waals surface area contributed by atoms with Crippen molar-refractivity contribution in [2.75, 3.05) is 22.1 Å². The van der Waals surface area contributed by atoms with Crippen molar-refractivity contribution in [1.82, 2.24) is 0 Å². The van der Waals surface area contributed by atoms with E-state index in [2.05, 4.69) is 22.5 Å². The lowest BCUT2D eigenvalue weighted by molar-refractivity contribution is 0.102. The monoisotopic (exact) mass is 429 g/mol. The highest BCUT2D eigenvalue weighted by Crippen LogP contribution is 2.35. The van der Waals surface area contributed by atoms with Gasteiger partial charge in [-0.05, 0) is 48.7 Å². The number of aliphatic imine (C=N–C) groups is 1. The molecule has 6 nitrogen and oxygen atoms in total. The van der Waals surface area contributed by atoms with Crippen LogP contribution in [0, 0.1) is 6.92 Å². The fourth-order valence-electron chi connectivity index (χ4n) is 3.46. The normalized spacial score (nSPS) is 22.1. The minimum absolute atomic E-state index is 0.0135. The Morgan fingerprint density at radius 2 is 1.93 bits per heavy atom. The van der Waals surface area contributed by atoms with Crippen molar-refractivity contribution in [3.8, 4) is 0 Å². The lowest BCUT2D eigenvalue weighted by Crippen LogP contribution is -2.14. The smallest absolute Gasteiger partial charge is 0.255 e. The summed E-state index contributed by atoms with van der Waals surface area (Å²) in [5.74, 6) is 0.116. The SMILES string of the molecule is CCc1ccc(NC(=O)c2ccc(C)c(NC3=NC4CS(=O)(=O)CC4S3)c2)cc1. The number of sulfone groups is 1. The summed E-state index contributed by atoms with van der Waals surface area (Å²) in [5, 5.41) is 6.90. The molecule has 0 bridgehead atoms. The molecule has 2 aromatic carbocycles. The molecule has 0 saturated carbocycles. The molecular weight excluding hydrogens is 406 g/mol. The molecule has 0 radical (unpaired) electrons. The molecule has 0 aliphatic carbocycles. The van der Waals surface area contributed by atoms with Crippen LogP contribution in [0.3, 0.4) is 0 Å². The van der Waals surface area contributed by atoms with Crippen molar-refractivity contribution >= 4 is 44.0 Å². The zero-order valence-corrected chi connectivity index (χ0v) is 17.9. The fraction of sp³-hybridized carbons (Fsp3) is 0.333. The lowest BCUT2D eigenvalue weighted by Gasteiger charge is -2.12. The summed E-state index contributed by atoms with van der Waals surface area (Å²) in [6.07, 6.45) is 0.955. The van der Waals surface area contributed by atoms with Gasteiger partial charge in [0, 0.05) is 22.2 Å². The average molecular weight is 430 g/mol. The van der Waals surface area contributed by atoms with Crippen LogP contribution in [0.4, 0.5) is 11.4 Å². The first kappa shape index (κ1) is 20.0. The number of anilines is 2. The second-order valence-electron chi connectivity index (χ2n) is 7.39. The van der Waals surface area contributed by atoms with Gasteiger partial charge in [-0.1, -0.05) is 36.9 Å². The van der Waals surface area contributed by atoms with E-state index in [4.69, 9.17) is 0 Å². The Morgan fingerprint density at radius 1 is 1.17 bits per heavy atom. The van der Waals surface area contributed by atoms with Crippen LogP contribution < -0.4 is 10.6 Å². The van der Waals surface area contributed by atoms with Crippen LogP contribution in [0.25, 0.3) is 0 Å². The van der Waals surface area contributed by atoms with Gasteiger partial charge in [0.25, 0.3) is 5.91 Å². The summed E-state index contributed by atoms with van der Waals surface area (Å²) >= 11 is 1.47. The second kappa shape index (κ2) is 7.84. The van der Waals surface area contributed by atoms with Crippen LogP contribution in [0.15, 0.2) is 47.5 Å². The molecule has 2 N–H and O–H groups in total. The van der Waals surface area contributed by atoms with E-state index >= 15 is 0 Å². The van der Waals surface area contributed by atoms with E-state index in [1.54, 1.807) is 12.1 Å². The van der Waals surface area contributed by atoms with Crippen LogP contribution in [0.2, 0.25) is 0 Å². The molecule has 1 saturated heterocycles. The van der Waals surface area contributed by atoms with Gasteiger partial charge in [0.05, 0.1) is 17.5 Å². The van der Waals surface area contributed by atoms with E-state index in [1.165, 1.54) is 17.3 Å². The van der Waals surface area contributed by atoms with E-state index in [1.807, 2.05) is 37.3 Å². The summed E-state index contributed by atoms with van der Waals surface area (Å²) in [4.78, 5) is 17.2. The standard InChI is InChI=1S/C21H23N3O3S2/c1-3-14-5-8-16(9-6-14)22-20(25)15-7-4-13(2)17(10-15)23-21-24-18-11-29(26,27)12-19(18)28-21/h4-10,18-19H,3,11-12H2,1-2H3,(H,22,25)(H,23,24). The number of fused-ring (bicyclic) bond motifs is 1. The molecule has 0 spiro atoms. The average Bonchev–Trinajstić information content (AvgIpc) is 3.16. The topological polar surface area (TPSA) is 87.6 Å². The molecule has 2 aromatic rings. The number of benzene rings is 2. The van der Waals surface area contributed by atoms with Gasteiger partial charge in [-0.15, -0.1) is 0 Å². The van der Waals surface area contributed by atoms with Gasteiger partial charge < -0.3 is 10.6 Å². The van der Waals surface area contributed by atoms with Crippen molar-refractivity contribution < 1.29 is 13.2 Å². The number of amidine groups is 1. The molecule has 2 unspecified atom stereocenters. The van der Waals surface area contributed by atoms with E-state index in [0.29, 0.717) is 10.7 Å². The summed E-state index contributed by atoms with van der Waals surface area (Å²) in [6, 6.07) is 13.1. The Hall–Kier alpha value is -2.32. The molecule has 0 aromatic heterocycles. The number of hydrogen-bond acceptors (Lipinski definition) is 6. The molecule has 1 amide bonds. The van der Waals surface area contributed by atoms with E-state index < -0.39 is 9.84 Å². The van der Waals surface area contributed by atoms with Gasteiger partial charge in [0.2, 0.25) is 0 Å². The van der Waals surface area contributed by atoms with Crippen molar-refractivity contribution in [2.45, 2.75) is 31.6 Å². The maximum atomic E-state index is 12.7. The lowest BCUT2D eigenvalue weighted by atomic mass is 10.1. The van der Waals surface area contributed by atoms with Crippen molar-refractivity contribution in [3.63, 3.8) is 0 Å². The number of carbonyl (C=O) groups is 1. The van der Waals surface area contributed by atoms with Gasteiger partial charge in [-0.25, -0.2) is 8.42 Å². The molecule has 2 atom stereocenters. The highest BCUT2D eigenvalue weighted by Gasteiger charge is 2.42. The molecule has 4 rings (SSSR count). The molecule has 1 fully saturated rings. The molecule has 2 aliphatic heterocycles. The highest BCUT2D eigenvalue weighted by atomic mass is 32.2. The van der Waals surface area contributed by atoms with Crippen LogP contribution >= 0.6 is 11.8 Å². The predicted octanol–water partition coefficient (Wildman–Crippen LogP) is 3.49. The first-order chi connectivity index (χ1) is 13.8. The summed E-state index contributed by atoms with van der Waals surface area (Å²) in [7, 11) is -2.97. The number of nitrogens with one attached hydrogen (secondary N) is 2. The number of nitrogens with zero attached hydrogens (tertiary/aromatic N) is 1. The van der Waals surface area contributed by atoms with Gasteiger partial charge in [-0.2, -0.15) is 0 Å². The van der Waals surface area contributed by atoms with Crippen LogP contribution in [-0.4, -0.2) is 42.3 Å². The van der Waals surface area contributed by atoms with Crippen LogP contribution in [-0.2, 0) is 16.3 Å². The van der Waals surface area contributed by atoms with Gasteiger partial charge in [-0.3, -0.25) is 9.79 Å². The predicted molar refractivity (Wildman–Crippen MR) is 120 cm³/mol. The molecule has 2 heterocycles. The summed E-state index contributed by atoms with van der Waals surface area (Å²) < 4.78 is 23.4. The van der Waals surface area contributed by atoms with Crippen molar-refractivity contribution in [1.29, 1.82) is 0 Å². The summed E-state index contributed by atoms with van der Waals surface area (Å²) in [5.41, 5.74) is 4.31. The Bertz CT molecular complexity index is 1080. The molecule has 29 heavy (non-hydrogen) atoms. The summed E-state index contributed by atoms with van der Waals surface area (Å²) in [6.45, 7) is 4.05. The third-order valence-corrected chi connectivity index (χ3v) is 8.32. The molecule has 2 aliphatic rings. The zero-order chi connectivity index (χ0) is 20.6. The van der Waals surface area contributed by atoms with E-state index in [9.17, 15) is 13.2 Å². The number of hydrogen-bond donors (Lipinski definition) is 2. The number of rotatable bonds is 4. The second-order valence-corrected chi connectivity index (χ2v) is 10.8. The first-order valence-electron chi connectivity index (χ1n) is 9.56. The Kier molecular flexibility index (Phi) is 5.40. The number of carbonyl (C=O) groups excluding carboxylic acids is 1. The maximum absolute atomic E-state index is 12.7.